The van der Waals surface area contributed by atoms with E-state index in [0.717, 1.165) is 41.9 Å². The maximum absolute atomic E-state index is 6.40. The fourth-order valence-electron chi connectivity index (χ4n) is 2.88. The van der Waals surface area contributed by atoms with Crippen LogP contribution in [0.3, 0.4) is 0 Å². The minimum absolute atomic E-state index is 0.0803. The van der Waals surface area contributed by atoms with Crippen molar-refractivity contribution in [1.29, 1.82) is 0 Å². The third-order valence-electron chi connectivity index (χ3n) is 3.95. The Bertz CT molecular complexity index is 413. The second-order valence-corrected chi connectivity index (χ2v) is 5.43. The molecule has 0 bridgehead atoms. The molecule has 1 heterocycles. The van der Waals surface area contributed by atoms with Gasteiger partial charge in [-0.05, 0) is 50.3 Å². The molecule has 1 aromatic carbocycles. The van der Waals surface area contributed by atoms with Gasteiger partial charge in [0.15, 0.2) is 0 Å². The smallest absolute Gasteiger partial charge is 0.124 e. The van der Waals surface area contributed by atoms with E-state index in [2.05, 4.69) is 32.9 Å². The van der Waals surface area contributed by atoms with Gasteiger partial charge in [0.1, 0.15) is 5.75 Å². The van der Waals surface area contributed by atoms with Crippen LogP contribution in [0.25, 0.3) is 0 Å². The van der Waals surface area contributed by atoms with Crippen LogP contribution in [0.1, 0.15) is 42.5 Å². The summed E-state index contributed by atoms with van der Waals surface area (Å²) in [7, 11) is 1.70. The predicted octanol–water partition coefficient (Wildman–Crippen LogP) is 2.88. The van der Waals surface area contributed by atoms with E-state index in [9.17, 15) is 0 Å². The maximum Gasteiger partial charge on any atom is 0.124 e. The monoisotopic (exact) mass is 249 g/mol. The first-order chi connectivity index (χ1) is 8.48. The molecule has 1 fully saturated rings. The van der Waals surface area contributed by atoms with Crippen molar-refractivity contribution in [3.05, 3.63) is 28.8 Å². The van der Waals surface area contributed by atoms with E-state index in [-0.39, 0.29) is 11.6 Å². The molecule has 0 aromatic heterocycles. The number of ether oxygens (including phenoxy) is 2. The topological polar surface area (TPSA) is 44.5 Å². The minimum atomic E-state index is -0.229. The van der Waals surface area contributed by atoms with Crippen LogP contribution < -0.4 is 10.5 Å². The van der Waals surface area contributed by atoms with Crippen LogP contribution in [-0.2, 0) is 4.74 Å². The van der Waals surface area contributed by atoms with Crippen molar-refractivity contribution in [3.8, 4) is 5.75 Å². The first-order valence-corrected chi connectivity index (χ1v) is 6.52. The van der Waals surface area contributed by atoms with E-state index in [0.29, 0.717) is 0 Å². The van der Waals surface area contributed by atoms with Crippen molar-refractivity contribution in [2.45, 2.75) is 45.3 Å². The number of hydrogen-bond acceptors (Lipinski definition) is 3. The molecule has 3 nitrogen and oxygen atoms in total. The number of rotatable bonds is 3. The lowest BCUT2D eigenvalue weighted by Gasteiger charge is -2.31. The molecule has 100 valence electrons. The molecule has 0 saturated carbocycles. The summed E-state index contributed by atoms with van der Waals surface area (Å²) < 4.78 is 11.2. The SMILES string of the molecule is COc1c(C)cc(C(N)C2(C)CCCO2)cc1C. The van der Waals surface area contributed by atoms with Gasteiger partial charge in [0.05, 0.1) is 18.8 Å². The average Bonchev–Trinajstić information content (AvgIpc) is 2.76. The first kappa shape index (κ1) is 13.4. The summed E-state index contributed by atoms with van der Waals surface area (Å²) in [5.74, 6) is 0.948. The molecule has 0 spiro atoms. The van der Waals surface area contributed by atoms with E-state index < -0.39 is 0 Å². The van der Waals surface area contributed by atoms with Crippen molar-refractivity contribution in [2.24, 2.45) is 5.73 Å². The fraction of sp³-hybridized carbons (Fsp3) is 0.600. The molecule has 1 saturated heterocycles. The zero-order valence-corrected chi connectivity index (χ0v) is 11.7. The quantitative estimate of drug-likeness (QED) is 0.896. The number of nitrogens with two attached hydrogens (primary N) is 1. The van der Waals surface area contributed by atoms with E-state index in [4.69, 9.17) is 15.2 Å². The molecule has 2 N–H and O–H groups in total. The lowest BCUT2D eigenvalue weighted by atomic mass is 9.87. The molecular weight excluding hydrogens is 226 g/mol. The average molecular weight is 249 g/mol. The third kappa shape index (κ3) is 2.25. The Morgan fingerprint density at radius 3 is 2.39 bits per heavy atom. The molecule has 18 heavy (non-hydrogen) atoms. The Morgan fingerprint density at radius 1 is 1.33 bits per heavy atom. The zero-order valence-electron chi connectivity index (χ0n) is 11.7. The summed E-state index contributed by atoms with van der Waals surface area (Å²) in [6.07, 6.45) is 2.12. The van der Waals surface area contributed by atoms with Gasteiger partial charge in [0.2, 0.25) is 0 Å². The highest BCUT2D eigenvalue weighted by Gasteiger charge is 2.37. The van der Waals surface area contributed by atoms with E-state index >= 15 is 0 Å². The van der Waals surface area contributed by atoms with Gasteiger partial charge < -0.3 is 15.2 Å². The molecule has 0 radical (unpaired) electrons. The van der Waals surface area contributed by atoms with Crippen LogP contribution in [-0.4, -0.2) is 19.3 Å². The summed E-state index contributed by atoms with van der Waals surface area (Å²) in [6.45, 7) is 7.04. The van der Waals surface area contributed by atoms with Gasteiger partial charge in [-0.15, -0.1) is 0 Å². The van der Waals surface area contributed by atoms with E-state index in [1.807, 2.05) is 0 Å². The zero-order chi connectivity index (χ0) is 13.3. The summed E-state index contributed by atoms with van der Waals surface area (Å²) in [5.41, 5.74) is 9.56. The number of methoxy groups -OCH3 is 1. The molecule has 1 aliphatic rings. The first-order valence-electron chi connectivity index (χ1n) is 6.52. The van der Waals surface area contributed by atoms with E-state index in [1.165, 1.54) is 0 Å². The number of aryl methyl sites for hydroxylation is 2. The second-order valence-electron chi connectivity index (χ2n) is 5.43. The van der Waals surface area contributed by atoms with Crippen molar-refractivity contribution in [2.75, 3.05) is 13.7 Å². The molecule has 2 atom stereocenters. The highest BCUT2D eigenvalue weighted by Crippen LogP contribution is 2.37. The fourth-order valence-corrected chi connectivity index (χ4v) is 2.88. The van der Waals surface area contributed by atoms with Crippen LogP contribution >= 0.6 is 0 Å². The predicted molar refractivity (Wildman–Crippen MR) is 73.0 cm³/mol. The Balaban J connectivity index is 2.34. The maximum atomic E-state index is 6.40. The van der Waals surface area contributed by atoms with Gasteiger partial charge in [0.25, 0.3) is 0 Å². The van der Waals surface area contributed by atoms with Crippen molar-refractivity contribution in [3.63, 3.8) is 0 Å². The molecule has 1 aromatic rings. The molecule has 2 rings (SSSR count). The summed E-state index contributed by atoms with van der Waals surface area (Å²) in [6, 6.07) is 4.15. The Morgan fingerprint density at radius 2 is 1.94 bits per heavy atom. The lowest BCUT2D eigenvalue weighted by Crippen LogP contribution is -2.37. The van der Waals surface area contributed by atoms with E-state index in [1.54, 1.807) is 7.11 Å². The summed E-state index contributed by atoms with van der Waals surface area (Å²) >= 11 is 0. The van der Waals surface area contributed by atoms with Gasteiger partial charge >= 0.3 is 0 Å². The largest absolute Gasteiger partial charge is 0.496 e. The minimum Gasteiger partial charge on any atom is -0.496 e. The summed E-state index contributed by atoms with van der Waals surface area (Å²) in [4.78, 5) is 0. The van der Waals surface area contributed by atoms with Crippen LogP contribution in [0.2, 0.25) is 0 Å². The van der Waals surface area contributed by atoms with Gasteiger partial charge in [-0.2, -0.15) is 0 Å². The molecule has 2 unspecified atom stereocenters. The van der Waals surface area contributed by atoms with Crippen LogP contribution in [0.5, 0.6) is 5.75 Å². The number of benzene rings is 1. The standard InChI is InChI=1S/C15H23NO2/c1-10-8-12(9-11(2)13(10)17-4)14(16)15(3)6-5-7-18-15/h8-9,14H,5-7,16H2,1-4H3. The normalized spacial score (nSPS) is 25.2. The van der Waals surface area contributed by atoms with Gasteiger partial charge in [0, 0.05) is 6.61 Å². The lowest BCUT2D eigenvalue weighted by molar-refractivity contribution is -0.00176. The van der Waals surface area contributed by atoms with Crippen LogP contribution in [0.4, 0.5) is 0 Å². The molecule has 0 amide bonds. The molecule has 1 aliphatic heterocycles. The molecule has 0 aliphatic carbocycles. The van der Waals surface area contributed by atoms with Crippen molar-refractivity contribution in [1.82, 2.24) is 0 Å². The highest BCUT2D eigenvalue weighted by atomic mass is 16.5. The highest BCUT2D eigenvalue weighted by molar-refractivity contribution is 5.44. The van der Waals surface area contributed by atoms with Crippen LogP contribution in [0, 0.1) is 13.8 Å². The Hall–Kier alpha value is -1.06. The Labute approximate surface area is 109 Å². The second kappa shape index (κ2) is 4.90. The molecule has 3 heteroatoms. The number of hydrogen-bond donors (Lipinski definition) is 1. The summed E-state index contributed by atoms with van der Waals surface area (Å²) in [5, 5.41) is 0. The van der Waals surface area contributed by atoms with Crippen molar-refractivity contribution >= 4 is 0 Å². The Kier molecular flexibility index (Phi) is 3.64. The van der Waals surface area contributed by atoms with Crippen molar-refractivity contribution < 1.29 is 9.47 Å². The van der Waals surface area contributed by atoms with Crippen LogP contribution in [0.15, 0.2) is 12.1 Å². The molecular formula is C15H23NO2. The third-order valence-corrected chi connectivity index (χ3v) is 3.95. The van der Waals surface area contributed by atoms with Gasteiger partial charge in [-0.1, -0.05) is 12.1 Å². The van der Waals surface area contributed by atoms with Gasteiger partial charge in [-0.25, -0.2) is 0 Å². The van der Waals surface area contributed by atoms with Gasteiger partial charge in [-0.3, -0.25) is 0 Å².